The van der Waals surface area contributed by atoms with Gasteiger partial charge in [-0.1, -0.05) is 53.7 Å². The van der Waals surface area contributed by atoms with Gasteiger partial charge in [-0.25, -0.2) is 0 Å². The largest absolute Gasteiger partial charge is 0.340 e. The van der Waals surface area contributed by atoms with Crippen molar-refractivity contribution in [3.63, 3.8) is 0 Å². The number of rotatable bonds is 6. The van der Waals surface area contributed by atoms with Crippen LogP contribution < -0.4 is 10.2 Å². The van der Waals surface area contributed by atoms with Crippen molar-refractivity contribution >= 4 is 39.1 Å². The monoisotopic (exact) mass is 390 g/mol. The molecule has 0 fully saturated rings. The molecule has 1 heterocycles. The lowest BCUT2D eigenvalue weighted by Crippen LogP contribution is -2.33. The van der Waals surface area contributed by atoms with Gasteiger partial charge >= 0.3 is 0 Å². The van der Waals surface area contributed by atoms with Crippen molar-refractivity contribution in [3.8, 4) is 0 Å². The summed E-state index contributed by atoms with van der Waals surface area (Å²) < 4.78 is 1.14. The number of hydrogen-bond donors (Lipinski definition) is 1. The van der Waals surface area contributed by atoms with E-state index < -0.39 is 0 Å². The van der Waals surface area contributed by atoms with Crippen LogP contribution in [0, 0.1) is 0 Å². The molecule has 0 radical (unpaired) electrons. The van der Waals surface area contributed by atoms with Crippen molar-refractivity contribution in [2.75, 3.05) is 18.0 Å². The van der Waals surface area contributed by atoms with Crippen molar-refractivity contribution in [2.45, 2.75) is 42.5 Å². The quantitative estimate of drug-likeness (QED) is 0.667. The van der Waals surface area contributed by atoms with Crippen LogP contribution in [0.3, 0.4) is 0 Å². The standard InChI is InChI=1S/C19H23BrN2S/c1-3-15(21-4-2)11-12-22-16-7-5-6-8-18(16)23-19-13-14(20)9-10-17(19)22/h5-10,13,15,21H,3-4,11-12H2,1-2H3. The van der Waals surface area contributed by atoms with Gasteiger partial charge in [0, 0.05) is 26.9 Å². The minimum absolute atomic E-state index is 0.584. The molecule has 1 aliphatic heterocycles. The summed E-state index contributed by atoms with van der Waals surface area (Å²) in [6.07, 6.45) is 2.32. The van der Waals surface area contributed by atoms with Gasteiger partial charge in [0.15, 0.2) is 0 Å². The van der Waals surface area contributed by atoms with Crippen LogP contribution in [0.15, 0.2) is 56.7 Å². The number of fused-ring (bicyclic) bond motifs is 2. The summed E-state index contributed by atoms with van der Waals surface area (Å²) in [6, 6.07) is 15.9. The predicted molar refractivity (Wildman–Crippen MR) is 104 cm³/mol. The molecule has 4 heteroatoms. The normalized spacial score (nSPS) is 14.3. The van der Waals surface area contributed by atoms with Gasteiger partial charge < -0.3 is 10.2 Å². The van der Waals surface area contributed by atoms with Gasteiger partial charge in [0.05, 0.1) is 11.4 Å². The molecule has 0 bridgehead atoms. The summed E-state index contributed by atoms with van der Waals surface area (Å²) in [5.41, 5.74) is 2.65. The summed E-state index contributed by atoms with van der Waals surface area (Å²) in [6.45, 7) is 6.52. The van der Waals surface area contributed by atoms with E-state index >= 15 is 0 Å². The molecule has 2 aromatic rings. The highest BCUT2D eigenvalue weighted by Crippen LogP contribution is 2.48. The Labute approximate surface area is 151 Å². The van der Waals surface area contributed by atoms with E-state index in [0.717, 1.165) is 24.0 Å². The van der Waals surface area contributed by atoms with Gasteiger partial charge in [-0.2, -0.15) is 0 Å². The molecule has 0 spiro atoms. The zero-order valence-electron chi connectivity index (χ0n) is 13.7. The SMILES string of the molecule is CCNC(CC)CCN1c2ccccc2Sc2cc(Br)ccc21. The average molecular weight is 391 g/mol. The number of para-hydroxylation sites is 1. The third-order valence-electron chi connectivity index (χ3n) is 4.28. The van der Waals surface area contributed by atoms with Crippen molar-refractivity contribution < 1.29 is 0 Å². The maximum Gasteiger partial charge on any atom is 0.0553 e. The molecule has 0 aromatic heterocycles. The van der Waals surface area contributed by atoms with E-state index in [-0.39, 0.29) is 0 Å². The maximum atomic E-state index is 3.60. The van der Waals surface area contributed by atoms with Gasteiger partial charge in [0.1, 0.15) is 0 Å². The first kappa shape index (κ1) is 16.9. The van der Waals surface area contributed by atoms with E-state index in [1.807, 2.05) is 11.8 Å². The van der Waals surface area contributed by atoms with E-state index in [0.29, 0.717) is 6.04 Å². The molecule has 0 saturated heterocycles. The highest BCUT2D eigenvalue weighted by atomic mass is 79.9. The summed E-state index contributed by atoms with van der Waals surface area (Å²) in [5, 5.41) is 3.59. The summed E-state index contributed by atoms with van der Waals surface area (Å²) in [7, 11) is 0. The lowest BCUT2D eigenvalue weighted by atomic mass is 10.1. The van der Waals surface area contributed by atoms with Crippen LogP contribution in [0.1, 0.15) is 26.7 Å². The third-order valence-corrected chi connectivity index (χ3v) is 5.88. The molecule has 1 aliphatic rings. The fraction of sp³-hybridized carbons (Fsp3) is 0.368. The molecule has 2 aromatic carbocycles. The van der Waals surface area contributed by atoms with Crippen LogP contribution >= 0.6 is 27.7 Å². The van der Waals surface area contributed by atoms with Crippen LogP contribution in [0.25, 0.3) is 0 Å². The summed E-state index contributed by atoms with van der Waals surface area (Å²) in [5.74, 6) is 0. The predicted octanol–water partition coefficient (Wildman–Crippen LogP) is 5.83. The Kier molecular flexibility index (Phi) is 5.67. The molecule has 3 rings (SSSR count). The van der Waals surface area contributed by atoms with E-state index in [4.69, 9.17) is 0 Å². The molecule has 1 atom stereocenters. The van der Waals surface area contributed by atoms with E-state index in [1.165, 1.54) is 27.6 Å². The summed E-state index contributed by atoms with van der Waals surface area (Å²) in [4.78, 5) is 5.15. The van der Waals surface area contributed by atoms with Crippen molar-refractivity contribution in [1.29, 1.82) is 0 Å². The third kappa shape index (κ3) is 3.76. The second-order valence-electron chi connectivity index (χ2n) is 5.78. The number of benzene rings is 2. The molecule has 0 aliphatic carbocycles. The first-order chi connectivity index (χ1) is 11.2. The second-order valence-corrected chi connectivity index (χ2v) is 7.78. The number of nitrogens with one attached hydrogen (secondary N) is 1. The van der Waals surface area contributed by atoms with Crippen molar-refractivity contribution in [2.24, 2.45) is 0 Å². The van der Waals surface area contributed by atoms with Crippen LogP contribution in [0.4, 0.5) is 11.4 Å². The average Bonchev–Trinajstić information content (AvgIpc) is 2.57. The fourth-order valence-corrected chi connectivity index (χ4v) is 4.72. The van der Waals surface area contributed by atoms with Crippen LogP contribution in [-0.2, 0) is 0 Å². The molecule has 2 nitrogen and oxygen atoms in total. The van der Waals surface area contributed by atoms with E-state index in [2.05, 4.69) is 82.5 Å². The molecule has 0 saturated carbocycles. The fourth-order valence-electron chi connectivity index (χ4n) is 3.07. The van der Waals surface area contributed by atoms with Gasteiger partial charge in [0.25, 0.3) is 0 Å². The zero-order valence-corrected chi connectivity index (χ0v) is 16.1. The number of anilines is 2. The molecule has 23 heavy (non-hydrogen) atoms. The molecule has 1 unspecified atom stereocenters. The van der Waals surface area contributed by atoms with Crippen molar-refractivity contribution in [3.05, 3.63) is 46.9 Å². The zero-order chi connectivity index (χ0) is 16.2. The Bertz CT molecular complexity index is 674. The van der Waals surface area contributed by atoms with Gasteiger partial charge in [-0.05, 0) is 49.7 Å². The molecule has 0 amide bonds. The Morgan fingerprint density at radius 2 is 1.87 bits per heavy atom. The Balaban J connectivity index is 1.89. The van der Waals surface area contributed by atoms with Crippen LogP contribution in [0.2, 0.25) is 0 Å². The lowest BCUT2D eigenvalue weighted by Gasteiger charge is -2.34. The highest BCUT2D eigenvalue weighted by Gasteiger charge is 2.23. The smallest absolute Gasteiger partial charge is 0.0553 e. The molecule has 122 valence electrons. The number of hydrogen-bond acceptors (Lipinski definition) is 3. The second kappa shape index (κ2) is 7.73. The van der Waals surface area contributed by atoms with Gasteiger partial charge in [-0.3, -0.25) is 0 Å². The first-order valence-electron chi connectivity index (χ1n) is 8.30. The Morgan fingerprint density at radius 1 is 1.09 bits per heavy atom. The summed E-state index contributed by atoms with van der Waals surface area (Å²) >= 11 is 5.47. The highest BCUT2D eigenvalue weighted by molar-refractivity contribution is 9.10. The lowest BCUT2D eigenvalue weighted by molar-refractivity contribution is 0.484. The molecular weight excluding hydrogens is 368 g/mol. The van der Waals surface area contributed by atoms with Crippen LogP contribution in [0.5, 0.6) is 0 Å². The van der Waals surface area contributed by atoms with Gasteiger partial charge in [0.2, 0.25) is 0 Å². The van der Waals surface area contributed by atoms with Gasteiger partial charge in [-0.15, -0.1) is 0 Å². The minimum Gasteiger partial charge on any atom is -0.340 e. The van der Waals surface area contributed by atoms with Crippen molar-refractivity contribution in [1.82, 2.24) is 5.32 Å². The topological polar surface area (TPSA) is 15.3 Å². The van der Waals surface area contributed by atoms with Crippen LogP contribution in [-0.4, -0.2) is 19.1 Å². The Hall–Kier alpha value is -0.970. The minimum atomic E-state index is 0.584. The number of nitrogens with zero attached hydrogens (tertiary/aromatic N) is 1. The molecule has 1 N–H and O–H groups in total. The molecular formula is C19H23BrN2S. The number of halogens is 1. The Morgan fingerprint density at radius 3 is 2.65 bits per heavy atom. The van der Waals surface area contributed by atoms with E-state index in [9.17, 15) is 0 Å². The van der Waals surface area contributed by atoms with E-state index in [1.54, 1.807) is 0 Å². The maximum absolute atomic E-state index is 3.60. The first-order valence-corrected chi connectivity index (χ1v) is 9.91.